The zero-order valence-corrected chi connectivity index (χ0v) is 26.3. The molecule has 0 unspecified atom stereocenters. The lowest BCUT2D eigenvalue weighted by Gasteiger charge is -2.40. The molecule has 1 aliphatic heterocycles. The number of benzene rings is 2. The van der Waals surface area contributed by atoms with Crippen LogP contribution in [0.25, 0.3) is 11.0 Å². The van der Waals surface area contributed by atoms with Crippen LogP contribution in [0, 0.1) is 23.6 Å². The van der Waals surface area contributed by atoms with E-state index in [0.717, 1.165) is 30.1 Å². The van der Waals surface area contributed by atoms with Crippen LogP contribution in [0.3, 0.4) is 0 Å². The molecule has 2 amide bonds. The molecule has 1 saturated heterocycles. The number of carbonyl (C=O) groups excluding carboxylic acids is 2. The molecule has 3 atom stereocenters. The standard InChI is InChI=1S/C32H38F4N6O4/c1-19-15-41(20(2)16-45-4)10-8-25(19)40-31(44)23-11-21(12-27-29(23)39-18-42(27)17-32(34,35)36)7-6-9-38-26-13-22(30(43)37-3)24(33)14-28(26)46-5/h11-14,18-20,25,38H,8-10,15-17H2,1-5H3,(H,37,43)(H,40,44)/t19-,20-,25-/m0/s1. The van der Waals surface area contributed by atoms with Crippen molar-refractivity contribution in [2.24, 2.45) is 5.92 Å². The van der Waals surface area contributed by atoms with Gasteiger partial charge in [0.25, 0.3) is 11.8 Å². The molecule has 1 aliphatic rings. The number of hydrogen-bond donors (Lipinski definition) is 3. The van der Waals surface area contributed by atoms with Crippen molar-refractivity contribution in [3.63, 3.8) is 0 Å². The number of aromatic nitrogens is 2. The highest BCUT2D eigenvalue weighted by Gasteiger charge is 2.32. The number of ether oxygens (including phenoxy) is 2. The zero-order chi connectivity index (χ0) is 33.6. The minimum Gasteiger partial charge on any atom is -0.494 e. The van der Waals surface area contributed by atoms with Gasteiger partial charge in [-0.25, -0.2) is 9.37 Å². The van der Waals surface area contributed by atoms with Crippen molar-refractivity contribution in [1.29, 1.82) is 0 Å². The lowest BCUT2D eigenvalue weighted by Crippen LogP contribution is -2.52. The lowest BCUT2D eigenvalue weighted by molar-refractivity contribution is -0.140. The fraction of sp³-hybridized carbons (Fsp3) is 0.469. The Hall–Kier alpha value is -4.35. The summed E-state index contributed by atoms with van der Waals surface area (Å²) in [6.07, 6.45) is -2.74. The molecule has 248 valence electrons. The van der Waals surface area contributed by atoms with Crippen LogP contribution in [-0.4, -0.2) is 92.0 Å². The van der Waals surface area contributed by atoms with E-state index in [1.165, 1.54) is 32.4 Å². The molecule has 1 fully saturated rings. The maximum atomic E-state index is 14.3. The van der Waals surface area contributed by atoms with Crippen molar-refractivity contribution >= 4 is 28.5 Å². The third-order valence-electron chi connectivity index (χ3n) is 7.96. The van der Waals surface area contributed by atoms with Gasteiger partial charge in [-0.3, -0.25) is 14.5 Å². The summed E-state index contributed by atoms with van der Waals surface area (Å²) < 4.78 is 65.8. The predicted molar refractivity (Wildman–Crippen MR) is 165 cm³/mol. The van der Waals surface area contributed by atoms with Crippen LogP contribution in [0.2, 0.25) is 0 Å². The summed E-state index contributed by atoms with van der Waals surface area (Å²) in [4.78, 5) is 32.1. The van der Waals surface area contributed by atoms with Gasteiger partial charge < -0.3 is 30.0 Å². The van der Waals surface area contributed by atoms with E-state index in [9.17, 15) is 27.2 Å². The van der Waals surface area contributed by atoms with E-state index in [0.29, 0.717) is 24.3 Å². The summed E-state index contributed by atoms with van der Waals surface area (Å²) in [6.45, 7) is 4.98. The molecule has 1 aromatic heterocycles. The number of methoxy groups -OCH3 is 2. The molecule has 0 aliphatic carbocycles. The number of alkyl halides is 3. The molecule has 2 aromatic carbocycles. The zero-order valence-electron chi connectivity index (χ0n) is 26.3. The van der Waals surface area contributed by atoms with Gasteiger partial charge in [-0.2, -0.15) is 13.2 Å². The molecule has 10 nitrogen and oxygen atoms in total. The molecule has 3 N–H and O–H groups in total. The number of hydrogen-bond acceptors (Lipinski definition) is 7. The highest BCUT2D eigenvalue weighted by atomic mass is 19.4. The van der Waals surface area contributed by atoms with Crippen LogP contribution < -0.4 is 20.7 Å². The van der Waals surface area contributed by atoms with Gasteiger partial charge in [-0.1, -0.05) is 18.8 Å². The number of nitrogens with zero attached hydrogens (tertiary/aromatic N) is 3. The molecule has 0 spiro atoms. The van der Waals surface area contributed by atoms with Gasteiger partial charge in [0.2, 0.25) is 0 Å². The Kier molecular flexibility index (Phi) is 11.1. The first kappa shape index (κ1) is 34.5. The van der Waals surface area contributed by atoms with Crippen molar-refractivity contribution in [3.05, 3.63) is 53.1 Å². The van der Waals surface area contributed by atoms with E-state index in [2.05, 4.69) is 44.6 Å². The van der Waals surface area contributed by atoms with E-state index in [1.807, 2.05) is 6.92 Å². The number of piperidine rings is 1. The molecular weight excluding hydrogens is 608 g/mol. The largest absolute Gasteiger partial charge is 0.494 e. The first-order valence-corrected chi connectivity index (χ1v) is 14.8. The third-order valence-corrected chi connectivity index (χ3v) is 7.96. The maximum Gasteiger partial charge on any atom is 0.406 e. The summed E-state index contributed by atoms with van der Waals surface area (Å²) in [5.41, 5.74) is 0.802. The van der Waals surface area contributed by atoms with Gasteiger partial charge in [-0.15, -0.1) is 0 Å². The van der Waals surface area contributed by atoms with Crippen LogP contribution in [0.5, 0.6) is 5.75 Å². The van der Waals surface area contributed by atoms with Crippen molar-refractivity contribution in [3.8, 4) is 17.6 Å². The van der Waals surface area contributed by atoms with E-state index in [4.69, 9.17) is 9.47 Å². The summed E-state index contributed by atoms with van der Waals surface area (Å²) in [7, 11) is 4.39. The summed E-state index contributed by atoms with van der Waals surface area (Å²) in [5.74, 6) is 4.21. The molecule has 4 rings (SSSR count). The second kappa shape index (κ2) is 14.8. The van der Waals surface area contributed by atoms with E-state index in [-0.39, 0.29) is 52.5 Å². The monoisotopic (exact) mass is 646 g/mol. The summed E-state index contributed by atoms with van der Waals surface area (Å²) in [5, 5.41) is 8.41. The number of likely N-dealkylation sites (tertiary alicyclic amines) is 1. The number of carbonyl (C=O) groups is 2. The fourth-order valence-corrected chi connectivity index (χ4v) is 5.57. The first-order valence-electron chi connectivity index (χ1n) is 14.8. The first-order chi connectivity index (χ1) is 21.8. The molecular formula is C32H38F4N6O4. The Morgan fingerprint density at radius 1 is 1.15 bits per heavy atom. The molecule has 2 heterocycles. The Bertz CT molecular complexity index is 1630. The van der Waals surface area contributed by atoms with Crippen LogP contribution in [0.4, 0.5) is 23.2 Å². The summed E-state index contributed by atoms with van der Waals surface area (Å²) >= 11 is 0. The Labute approximate surface area is 264 Å². The van der Waals surface area contributed by atoms with E-state index in [1.54, 1.807) is 7.11 Å². The average Bonchev–Trinajstić information content (AvgIpc) is 3.40. The molecule has 0 saturated carbocycles. The normalized spacial score (nSPS) is 17.6. The van der Waals surface area contributed by atoms with Crippen LogP contribution >= 0.6 is 0 Å². The molecule has 14 heteroatoms. The number of halogens is 4. The van der Waals surface area contributed by atoms with Gasteiger partial charge in [0, 0.05) is 51.0 Å². The van der Waals surface area contributed by atoms with Gasteiger partial charge in [-0.05, 0) is 37.5 Å². The van der Waals surface area contributed by atoms with Crippen LogP contribution in [0.15, 0.2) is 30.6 Å². The fourth-order valence-electron chi connectivity index (χ4n) is 5.57. The average molecular weight is 647 g/mol. The van der Waals surface area contributed by atoms with Crippen molar-refractivity contribution < 1.29 is 36.6 Å². The number of anilines is 1. The minimum absolute atomic E-state index is 0.00807. The second-order valence-corrected chi connectivity index (χ2v) is 11.3. The van der Waals surface area contributed by atoms with Crippen molar-refractivity contribution in [1.82, 2.24) is 25.1 Å². The van der Waals surface area contributed by atoms with Crippen LogP contribution in [-0.2, 0) is 11.3 Å². The lowest BCUT2D eigenvalue weighted by atomic mass is 9.92. The molecule has 0 radical (unpaired) electrons. The number of imidazole rings is 1. The maximum absolute atomic E-state index is 14.3. The van der Waals surface area contributed by atoms with Crippen LogP contribution in [0.1, 0.15) is 46.5 Å². The van der Waals surface area contributed by atoms with Gasteiger partial charge in [0.1, 0.15) is 23.6 Å². The van der Waals surface area contributed by atoms with Gasteiger partial charge >= 0.3 is 6.18 Å². The third kappa shape index (κ3) is 8.27. The quantitative estimate of drug-likeness (QED) is 0.225. The number of fused-ring (bicyclic) bond motifs is 1. The number of amides is 2. The predicted octanol–water partition coefficient (Wildman–Crippen LogP) is 4.04. The summed E-state index contributed by atoms with van der Waals surface area (Å²) in [6, 6.07) is 5.42. The Morgan fingerprint density at radius 2 is 1.91 bits per heavy atom. The highest BCUT2D eigenvalue weighted by molar-refractivity contribution is 6.05. The number of nitrogens with one attached hydrogen (secondary N) is 3. The highest BCUT2D eigenvalue weighted by Crippen LogP contribution is 2.28. The molecule has 0 bridgehead atoms. The van der Waals surface area contributed by atoms with E-state index < -0.39 is 30.4 Å². The molecule has 46 heavy (non-hydrogen) atoms. The minimum atomic E-state index is -4.51. The smallest absolute Gasteiger partial charge is 0.406 e. The second-order valence-electron chi connectivity index (χ2n) is 11.3. The topological polar surface area (TPSA) is 110 Å². The SMILES string of the molecule is CNC(=O)c1cc(NCC#Cc2cc(C(=O)N[C@H]3CCN([C@@H](C)COC)C[C@@H]3C)c3ncn(CC(F)(F)F)c3c2)c(OC)cc1F. The van der Waals surface area contributed by atoms with Crippen molar-refractivity contribution in [2.45, 2.75) is 45.1 Å². The molecule has 3 aromatic rings. The van der Waals surface area contributed by atoms with E-state index >= 15 is 0 Å². The Morgan fingerprint density at radius 3 is 2.57 bits per heavy atom. The Balaban J connectivity index is 1.59. The van der Waals surface area contributed by atoms with Crippen molar-refractivity contribution in [2.75, 3.05) is 52.8 Å². The number of rotatable bonds is 10. The van der Waals surface area contributed by atoms with Gasteiger partial charge in [0.15, 0.2) is 0 Å². The van der Waals surface area contributed by atoms with Gasteiger partial charge in [0.05, 0.1) is 48.9 Å².